The van der Waals surface area contributed by atoms with Crippen molar-refractivity contribution in [1.29, 1.82) is 0 Å². The number of aryl methyl sites for hydroxylation is 1. The lowest BCUT2D eigenvalue weighted by Gasteiger charge is -2.09. The normalized spacial score (nSPS) is 11.1. The fourth-order valence-electron chi connectivity index (χ4n) is 3.54. The van der Waals surface area contributed by atoms with Crippen molar-refractivity contribution in [1.82, 2.24) is 14.5 Å². The SMILES string of the molecule is CCCOc1c[nH]c(Cn2c(=O)[nH]c3scc(-c4ccc(OC)c(C)c4)c3c2=O)cc1=O. The van der Waals surface area contributed by atoms with Crippen molar-refractivity contribution < 1.29 is 9.47 Å². The Morgan fingerprint density at radius 1 is 1.12 bits per heavy atom. The molecule has 0 saturated heterocycles. The highest BCUT2D eigenvalue weighted by atomic mass is 32.1. The van der Waals surface area contributed by atoms with Crippen LogP contribution in [-0.4, -0.2) is 28.3 Å². The van der Waals surface area contributed by atoms with Crippen LogP contribution in [0.1, 0.15) is 24.6 Å². The average molecular weight is 454 g/mol. The van der Waals surface area contributed by atoms with Gasteiger partial charge in [-0.05, 0) is 36.6 Å². The van der Waals surface area contributed by atoms with Gasteiger partial charge in [-0.2, -0.15) is 0 Å². The van der Waals surface area contributed by atoms with E-state index in [2.05, 4.69) is 9.97 Å². The molecule has 9 heteroatoms. The molecule has 0 atom stereocenters. The molecule has 0 bridgehead atoms. The maximum Gasteiger partial charge on any atom is 0.329 e. The van der Waals surface area contributed by atoms with Gasteiger partial charge in [-0.15, -0.1) is 11.3 Å². The van der Waals surface area contributed by atoms with Crippen LogP contribution in [0.4, 0.5) is 0 Å². The summed E-state index contributed by atoms with van der Waals surface area (Å²) in [6, 6.07) is 7.03. The molecular weight excluding hydrogens is 430 g/mol. The number of hydrogen-bond donors (Lipinski definition) is 2. The van der Waals surface area contributed by atoms with E-state index in [4.69, 9.17) is 9.47 Å². The van der Waals surface area contributed by atoms with Crippen LogP contribution in [0.2, 0.25) is 0 Å². The summed E-state index contributed by atoms with van der Waals surface area (Å²) < 4.78 is 11.8. The molecule has 32 heavy (non-hydrogen) atoms. The van der Waals surface area contributed by atoms with E-state index < -0.39 is 11.2 Å². The number of aromatic amines is 2. The van der Waals surface area contributed by atoms with Gasteiger partial charge >= 0.3 is 5.69 Å². The second-order valence-electron chi connectivity index (χ2n) is 7.39. The number of nitrogens with zero attached hydrogens (tertiary/aromatic N) is 1. The van der Waals surface area contributed by atoms with Gasteiger partial charge in [0.1, 0.15) is 10.6 Å². The van der Waals surface area contributed by atoms with E-state index in [0.717, 1.165) is 33.4 Å². The topological polar surface area (TPSA) is 106 Å². The van der Waals surface area contributed by atoms with Gasteiger partial charge in [-0.3, -0.25) is 19.1 Å². The number of fused-ring (bicyclic) bond motifs is 1. The number of H-pyrrole nitrogens is 2. The minimum absolute atomic E-state index is 0.0651. The first kappa shape index (κ1) is 21.6. The molecule has 8 nitrogen and oxygen atoms in total. The van der Waals surface area contributed by atoms with Crippen LogP contribution >= 0.6 is 11.3 Å². The minimum atomic E-state index is -0.533. The zero-order chi connectivity index (χ0) is 22.8. The lowest BCUT2D eigenvalue weighted by Crippen LogP contribution is -2.35. The van der Waals surface area contributed by atoms with Crippen molar-refractivity contribution in [2.24, 2.45) is 0 Å². The van der Waals surface area contributed by atoms with Gasteiger partial charge in [0.05, 0.1) is 25.6 Å². The summed E-state index contributed by atoms with van der Waals surface area (Å²) in [7, 11) is 1.61. The van der Waals surface area contributed by atoms with Crippen molar-refractivity contribution in [2.45, 2.75) is 26.8 Å². The zero-order valence-corrected chi connectivity index (χ0v) is 18.8. The third-order valence-electron chi connectivity index (χ3n) is 5.15. The molecule has 4 aromatic rings. The molecule has 0 amide bonds. The molecule has 0 aliphatic rings. The predicted molar refractivity (Wildman–Crippen MR) is 125 cm³/mol. The standard InChI is InChI=1S/C23H23N3O5S/c1-4-7-31-19-10-24-15(9-17(19)27)11-26-22(28)20-16(12-32-21(20)25-23(26)29)14-5-6-18(30-3)13(2)8-14/h5-6,8-10,12H,4,7,11H2,1-3H3,(H,24,27)(H,25,29). The maximum atomic E-state index is 13.3. The fraction of sp³-hybridized carbons (Fsp3) is 0.261. The first-order valence-electron chi connectivity index (χ1n) is 10.2. The quantitative estimate of drug-likeness (QED) is 0.447. The average Bonchev–Trinajstić information content (AvgIpc) is 3.20. The Kier molecular flexibility index (Phi) is 6.00. The molecule has 0 unspecified atom stereocenters. The van der Waals surface area contributed by atoms with E-state index in [1.807, 2.05) is 37.4 Å². The maximum absolute atomic E-state index is 13.3. The Bertz CT molecular complexity index is 1460. The number of rotatable bonds is 7. The van der Waals surface area contributed by atoms with Crippen LogP contribution in [0.3, 0.4) is 0 Å². The van der Waals surface area contributed by atoms with Crippen LogP contribution in [-0.2, 0) is 6.54 Å². The van der Waals surface area contributed by atoms with Crippen LogP contribution < -0.4 is 26.2 Å². The molecule has 1 aromatic carbocycles. The third-order valence-corrected chi connectivity index (χ3v) is 6.04. The van der Waals surface area contributed by atoms with Gasteiger partial charge in [0.25, 0.3) is 5.56 Å². The molecule has 0 radical (unpaired) electrons. The minimum Gasteiger partial charge on any atom is -0.496 e. The van der Waals surface area contributed by atoms with Crippen LogP contribution in [0.5, 0.6) is 11.5 Å². The smallest absolute Gasteiger partial charge is 0.329 e. The third kappa shape index (κ3) is 3.99. The lowest BCUT2D eigenvalue weighted by molar-refractivity contribution is 0.313. The summed E-state index contributed by atoms with van der Waals surface area (Å²) in [6.07, 6.45) is 2.24. The monoisotopic (exact) mass is 453 g/mol. The van der Waals surface area contributed by atoms with Gasteiger partial charge in [0.2, 0.25) is 5.43 Å². The van der Waals surface area contributed by atoms with Crippen molar-refractivity contribution >= 4 is 21.6 Å². The van der Waals surface area contributed by atoms with Crippen LogP contribution in [0, 0.1) is 6.92 Å². The van der Waals surface area contributed by atoms with Gasteiger partial charge in [0.15, 0.2) is 5.75 Å². The Hall–Kier alpha value is -3.59. The molecule has 166 valence electrons. The molecule has 0 fully saturated rings. The molecule has 4 rings (SSSR count). The number of methoxy groups -OCH3 is 1. The number of pyridine rings is 1. The Labute approximate surface area is 187 Å². The zero-order valence-electron chi connectivity index (χ0n) is 18.0. The number of ether oxygens (including phenoxy) is 2. The summed E-state index contributed by atoms with van der Waals surface area (Å²) in [5.74, 6) is 0.969. The van der Waals surface area contributed by atoms with Gasteiger partial charge in [-0.1, -0.05) is 13.0 Å². The lowest BCUT2D eigenvalue weighted by atomic mass is 10.0. The highest BCUT2D eigenvalue weighted by Crippen LogP contribution is 2.32. The summed E-state index contributed by atoms with van der Waals surface area (Å²) in [6.45, 7) is 4.25. The number of aromatic nitrogens is 3. The summed E-state index contributed by atoms with van der Waals surface area (Å²) in [5, 5.41) is 2.29. The van der Waals surface area contributed by atoms with E-state index in [-0.39, 0.29) is 17.7 Å². The van der Waals surface area contributed by atoms with E-state index in [1.165, 1.54) is 23.6 Å². The van der Waals surface area contributed by atoms with Crippen molar-refractivity contribution in [2.75, 3.05) is 13.7 Å². The molecule has 0 aliphatic carbocycles. The Morgan fingerprint density at radius 3 is 2.62 bits per heavy atom. The first-order valence-corrected chi connectivity index (χ1v) is 11.0. The molecule has 3 aromatic heterocycles. The number of benzene rings is 1. The highest BCUT2D eigenvalue weighted by molar-refractivity contribution is 7.17. The molecule has 2 N–H and O–H groups in total. The number of thiophene rings is 1. The van der Waals surface area contributed by atoms with E-state index >= 15 is 0 Å². The van der Waals surface area contributed by atoms with Gasteiger partial charge < -0.3 is 14.5 Å². The Morgan fingerprint density at radius 2 is 1.94 bits per heavy atom. The first-order chi connectivity index (χ1) is 15.4. The van der Waals surface area contributed by atoms with Gasteiger partial charge in [-0.25, -0.2) is 4.79 Å². The second kappa shape index (κ2) is 8.88. The van der Waals surface area contributed by atoms with Crippen molar-refractivity contribution in [3.63, 3.8) is 0 Å². The van der Waals surface area contributed by atoms with Gasteiger partial charge in [0, 0.05) is 28.9 Å². The molecule has 0 spiro atoms. The molecular formula is C23H23N3O5S. The summed E-state index contributed by atoms with van der Waals surface area (Å²) in [4.78, 5) is 44.5. The number of hydrogen-bond acceptors (Lipinski definition) is 6. The van der Waals surface area contributed by atoms with Crippen molar-refractivity contribution in [3.05, 3.63) is 78.2 Å². The Balaban J connectivity index is 1.77. The molecule has 3 heterocycles. The van der Waals surface area contributed by atoms with Crippen LogP contribution in [0.15, 0.2) is 50.2 Å². The van der Waals surface area contributed by atoms with Crippen molar-refractivity contribution in [3.8, 4) is 22.6 Å². The van der Waals surface area contributed by atoms with E-state index in [1.54, 1.807) is 7.11 Å². The molecule has 0 aliphatic heterocycles. The highest BCUT2D eigenvalue weighted by Gasteiger charge is 2.16. The summed E-state index contributed by atoms with van der Waals surface area (Å²) >= 11 is 1.31. The predicted octanol–water partition coefficient (Wildman–Crippen LogP) is 3.26. The molecule has 0 saturated carbocycles. The van der Waals surface area contributed by atoms with E-state index in [0.29, 0.717) is 22.5 Å². The largest absolute Gasteiger partial charge is 0.496 e. The summed E-state index contributed by atoms with van der Waals surface area (Å²) in [5.41, 5.74) is 1.72. The fourth-order valence-corrected chi connectivity index (χ4v) is 4.49. The number of nitrogens with one attached hydrogen (secondary N) is 2. The second-order valence-corrected chi connectivity index (χ2v) is 8.27. The van der Waals surface area contributed by atoms with Crippen LogP contribution in [0.25, 0.3) is 21.3 Å². The van der Waals surface area contributed by atoms with E-state index in [9.17, 15) is 14.4 Å².